The lowest BCUT2D eigenvalue weighted by Crippen LogP contribution is -2.51. The van der Waals surface area contributed by atoms with Crippen LogP contribution in [0.5, 0.6) is 0 Å². The molecule has 4 rings (SSSR count). The normalized spacial score (nSPS) is 25.8. The summed E-state index contributed by atoms with van der Waals surface area (Å²) in [6.45, 7) is 3.73. The van der Waals surface area contributed by atoms with E-state index in [0.717, 1.165) is 64.7 Å². The first-order chi connectivity index (χ1) is 12.2. The van der Waals surface area contributed by atoms with E-state index in [4.69, 9.17) is 0 Å². The van der Waals surface area contributed by atoms with E-state index in [2.05, 4.69) is 25.1 Å². The third-order valence-electron chi connectivity index (χ3n) is 5.62. The quantitative estimate of drug-likeness (QED) is 0.896. The van der Waals surface area contributed by atoms with Gasteiger partial charge in [0, 0.05) is 31.7 Å². The zero-order chi connectivity index (χ0) is 17.2. The molecule has 3 heterocycles. The summed E-state index contributed by atoms with van der Waals surface area (Å²) in [4.78, 5) is 25.1. The number of carbonyl (C=O) groups excluding carboxylic acids is 1. The lowest BCUT2D eigenvalue weighted by molar-refractivity contribution is -0.127. The highest BCUT2D eigenvalue weighted by Gasteiger charge is 2.34. The van der Waals surface area contributed by atoms with Gasteiger partial charge in [-0.2, -0.15) is 0 Å². The second-order valence-electron chi connectivity index (χ2n) is 7.54. The monoisotopic (exact) mass is 347 g/mol. The Balaban J connectivity index is 1.29. The molecule has 6 nitrogen and oxygen atoms in total. The van der Waals surface area contributed by atoms with Gasteiger partial charge < -0.3 is 10.2 Å². The standard InChI is InChI=1S/C18H26FN5O/c19-14-10-20-18(21-11-14)23-8-5-16(6-9-23)24-7-1-2-13(12-24)17(25)22-15-3-4-15/h10-11,13,15-16H,1-9,12H2,(H,22,25)/t13-/m1/s1. The lowest BCUT2D eigenvalue weighted by atomic mass is 9.93. The Morgan fingerprint density at radius 1 is 1.08 bits per heavy atom. The van der Waals surface area contributed by atoms with Crippen LogP contribution in [0.2, 0.25) is 0 Å². The Kier molecular flexibility index (Phi) is 4.83. The molecule has 136 valence electrons. The van der Waals surface area contributed by atoms with Gasteiger partial charge in [-0.1, -0.05) is 0 Å². The number of hydrogen-bond acceptors (Lipinski definition) is 5. The molecule has 1 amide bonds. The summed E-state index contributed by atoms with van der Waals surface area (Å²) in [5.74, 6) is 0.611. The molecular formula is C18H26FN5O. The van der Waals surface area contributed by atoms with Gasteiger partial charge >= 0.3 is 0 Å². The number of amides is 1. The van der Waals surface area contributed by atoms with Crippen molar-refractivity contribution in [2.45, 2.75) is 50.6 Å². The van der Waals surface area contributed by atoms with Gasteiger partial charge in [0.25, 0.3) is 0 Å². The molecule has 25 heavy (non-hydrogen) atoms. The van der Waals surface area contributed by atoms with Crippen molar-refractivity contribution in [3.05, 3.63) is 18.2 Å². The maximum atomic E-state index is 13.0. The van der Waals surface area contributed by atoms with E-state index in [0.29, 0.717) is 18.0 Å². The highest BCUT2D eigenvalue weighted by atomic mass is 19.1. The van der Waals surface area contributed by atoms with E-state index in [9.17, 15) is 9.18 Å². The SMILES string of the molecule is O=C(NC1CC1)[C@@H]1CCCN(C2CCN(c3ncc(F)cn3)CC2)C1. The molecule has 0 bridgehead atoms. The second kappa shape index (κ2) is 7.23. The van der Waals surface area contributed by atoms with Gasteiger partial charge in [-0.25, -0.2) is 14.4 Å². The number of carbonyl (C=O) groups is 1. The van der Waals surface area contributed by atoms with E-state index in [1.807, 2.05) is 0 Å². The van der Waals surface area contributed by atoms with Gasteiger partial charge in [-0.3, -0.25) is 9.69 Å². The molecule has 2 saturated heterocycles. The van der Waals surface area contributed by atoms with Crippen molar-refractivity contribution in [2.24, 2.45) is 5.92 Å². The number of piperidine rings is 2. The molecule has 0 unspecified atom stereocenters. The predicted octanol–water partition coefficient (Wildman–Crippen LogP) is 1.58. The minimum Gasteiger partial charge on any atom is -0.353 e. The van der Waals surface area contributed by atoms with Gasteiger partial charge in [0.1, 0.15) is 0 Å². The Morgan fingerprint density at radius 3 is 2.48 bits per heavy atom. The van der Waals surface area contributed by atoms with Gasteiger partial charge in [-0.05, 0) is 45.1 Å². The first kappa shape index (κ1) is 16.7. The topological polar surface area (TPSA) is 61.4 Å². The Labute approximate surface area is 147 Å². The molecule has 0 spiro atoms. The number of aromatic nitrogens is 2. The maximum absolute atomic E-state index is 13.0. The van der Waals surface area contributed by atoms with Crippen LogP contribution in [0.1, 0.15) is 38.5 Å². The molecule has 2 aliphatic heterocycles. The van der Waals surface area contributed by atoms with E-state index >= 15 is 0 Å². The molecule has 1 aromatic rings. The van der Waals surface area contributed by atoms with E-state index < -0.39 is 5.82 Å². The Morgan fingerprint density at radius 2 is 1.80 bits per heavy atom. The number of likely N-dealkylation sites (tertiary alicyclic amines) is 1. The van der Waals surface area contributed by atoms with Crippen LogP contribution >= 0.6 is 0 Å². The lowest BCUT2D eigenvalue weighted by Gasteiger charge is -2.42. The van der Waals surface area contributed by atoms with Crippen molar-refractivity contribution < 1.29 is 9.18 Å². The van der Waals surface area contributed by atoms with Gasteiger partial charge in [0.2, 0.25) is 11.9 Å². The van der Waals surface area contributed by atoms with Gasteiger partial charge in [-0.15, -0.1) is 0 Å². The minimum absolute atomic E-state index is 0.146. The third-order valence-corrected chi connectivity index (χ3v) is 5.62. The highest BCUT2D eigenvalue weighted by molar-refractivity contribution is 5.79. The molecule has 0 aromatic carbocycles. The van der Waals surface area contributed by atoms with Crippen molar-refractivity contribution in [3.63, 3.8) is 0 Å². The number of nitrogens with one attached hydrogen (secondary N) is 1. The highest BCUT2D eigenvalue weighted by Crippen LogP contribution is 2.26. The van der Waals surface area contributed by atoms with Crippen molar-refractivity contribution in [3.8, 4) is 0 Å². The zero-order valence-corrected chi connectivity index (χ0v) is 14.5. The van der Waals surface area contributed by atoms with Crippen LogP contribution in [0.4, 0.5) is 10.3 Å². The van der Waals surface area contributed by atoms with Crippen LogP contribution in [0, 0.1) is 11.7 Å². The summed E-state index contributed by atoms with van der Waals surface area (Å²) >= 11 is 0. The number of hydrogen-bond donors (Lipinski definition) is 1. The van der Waals surface area contributed by atoms with Crippen molar-refractivity contribution >= 4 is 11.9 Å². The van der Waals surface area contributed by atoms with Crippen LogP contribution < -0.4 is 10.2 Å². The molecule has 0 radical (unpaired) electrons. The largest absolute Gasteiger partial charge is 0.353 e. The van der Waals surface area contributed by atoms with Crippen molar-refractivity contribution in [1.82, 2.24) is 20.2 Å². The average Bonchev–Trinajstić information content (AvgIpc) is 3.47. The van der Waals surface area contributed by atoms with Gasteiger partial charge in [0.05, 0.1) is 18.3 Å². The van der Waals surface area contributed by atoms with E-state index in [1.54, 1.807) is 0 Å². The van der Waals surface area contributed by atoms with Crippen LogP contribution in [0.15, 0.2) is 12.4 Å². The Hall–Kier alpha value is -1.76. The van der Waals surface area contributed by atoms with Crippen LogP contribution in [-0.2, 0) is 4.79 Å². The fraction of sp³-hybridized carbons (Fsp3) is 0.722. The molecule has 1 saturated carbocycles. The van der Waals surface area contributed by atoms with E-state index in [-0.39, 0.29) is 11.8 Å². The van der Waals surface area contributed by atoms with Crippen molar-refractivity contribution in [1.29, 1.82) is 0 Å². The number of anilines is 1. The number of rotatable bonds is 4. The third kappa shape index (κ3) is 4.08. The first-order valence-corrected chi connectivity index (χ1v) is 9.46. The minimum atomic E-state index is -0.400. The smallest absolute Gasteiger partial charge is 0.225 e. The summed E-state index contributed by atoms with van der Waals surface area (Å²) in [5.41, 5.74) is 0. The van der Waals surface area contributed by atoms with E-state index in [1.165, 1.54) is 12.4 Å². The second-order valence-corrected chi connectivity index (χ2v) is 7.54. The molecule has 3 aliphatic rings. The molecule has 7 heteroatoms. The molecule has 1 atom stereocenters. The Bertz CT molecular complexity index is 598. The van der Waals surface area contributed by atoms with Crippen LogP contribution in [-0.4, -0.2) is 59.0 Å². The zero-order valence-electron chi connectivity index (χ0n) is 14.5. The van der Waals surface area contributed by atoms with Crippen LogP contribution in [0.25, 0.3) is 0 Å². The summed E-state index contributed by atoms with van der Waals surface area (Å²) < 4.78 is 13.0. The summed E-state index contributed by atoms with van der Waals surface area (Å²) in [6, 6.07) is 0.968. The van der Waals surface area contributed by atoms with Gasteiger partial charge in [0.15, 0.2) is 5.82 Å². The summed E-state index contributed by atoms with van der Waals surface area (Å²) in [5, 5.41) is 3.16. The molecule has 1 aromatic heterocycles. The fourth-order valence-electron chi connectivity index (χ4n) is 4.00. The summed E-state index contributed by atoms with van der Waals surface area (Å²) in [7, 11) is 0. The van der Waals surface area contributed by atoms with Crippen LogP contribution in [0.3, 0.4) is 0 Å². The number of nitrogens with zero attached hydrogens (tertiary/aromatic N) is 4. The molecule has 3 fully saturated rings. The number of halogens is 1. The average molecular weight is 347 g/mol. The molecular weight excluding hydrogens is 321 g/mol. The summed E-state index contributed by atoms with van der Waals surface area (Å²) in [6.07, 6.45) is 8.93. The first-order valence-electron chi connectivity index (χ1n) is 9.46. The maximum Gasteiger partial charge on any atom is 0.225 e. The molecule has 1 aliphatic carbocycles. The molecule has 1 N–H and O–H groups in total. The fourth-order valence-corrected chi connectivity index (χ4v) is 4.00. The van der Waals surface area contributed by atoms with Crippen molar-refractivity contribution in [2.75, 3.05) is 31.1 Å². The predicted molar refractivity (Wildman–Crippen MR) is 92.7 cm³/mol.